The number of aryl methyl sites for hydroxylation is 2. The molecule has 1 atom stereocenters. The summed E-state index contributed by atoms with van der Waals surface area (Å²) in [6.07, 6.45) is -5.57. The minimum atomic E-state index is -4.74. The largest absolute Gasteiger partial charge is 0.481 e. The molecule has 0 saturated heterocycles. The number of sulfonamides is 1. The zero-order chi connectivity index (χ0) is 26.8. The lowest BCUT2D eigenvalue weighted by molar-refractivity contribution is -0.137. The molecule has 3 aromatic rings. The highest BCUT2D eigenvalue weighted by Crippen LogP contribution is 2.36. The van der Waals surface area contributed by atoms with E-state index in [4.69, 9.17) is 16.3 Å². The van der Waals surface area contributed by atoms with E-state index >= 15 is 0 Å². The molecule has 3 rings (SSSR count). The number of hydrogen-bond acceptors (Lipinski definition) is 4. The Kier molecular flexibility index (Phi) is 7.90. The first kappa shape index (κ1) is 27.3. The number of halogens is 4. The number of alkyl halides is 3. The van der Waals surface area contributed by atoms with Crippen molar-refractivity contribution in [2.75, 3.05) is 10.0 Å². The molecule has 0 unspecified atom stereocenters. The molecule has 0 spiro atoms. The molecule has 0 fully saturated rings. The van der Waals surface area contributed by atoms with E-state index in [0.29, 0.717) is 17.5 Å². The molecule has 192 valence electrons. The summed E-state index contributed by atoms with van der Waals surface area (Å²) in [7, 11) is -4.20. The van der Waals surface area contributed by atoms with Gasteiger partial charge in [-0.05, 0) is 92.9 Å². The standard InChI is InChI=1S/C25H24ClF3N2O4S/c1-14-11-15(2)16(3)23(12-14)35-17(4)24(32)30-18-5-8-20(9-6-18)36(33,34)31-19-7-10-22(26)21(13-19)25(27,28)29/h5-13,17,31H,1-4H3,(H,30,32)/t17-/m0/s1. The van der Waals surface area contributed by atoms with Crippen LogP contribution in [0.2, 0.25) is 5.02 Å². The van der Waals surface area contributed by atoms with Gasteiger partial charge in [0.2, 0.25) is 0 Å². The SMILES string of the molecule is Cc1cc(C)c(C)c(O[C@@H](C)C(=O)Nc2ccc(S(=O)(=O)Nc3ccc(Cl)c(C(F)(F)F)c3)cc2)c1. The minimum Gasteiger partial charge on any atom is -0.481 e. The van der Waals surface area contributed by atoms with E-state index in [-0.39, 0.29) is 10.6 Å². The van der Waals surface area contributed by atoms with E-state index in [9.17, 15) is 26.4 Å². The van der Waals surface area contributed by atoms with Gasteiger partial charge in [0.15, 0.2) is 6.10 Å². The van der Waals surface area contributed by atoms with Crippen LogP contribution in [-0.2, 0) is 21.0 Å². The third-order valence-corrected chi connectivity index (χ3v) is 7.12. The Labute approximate surface area is 212 Å². The van der Waals surface area contributed by atoms with Crippen LogP contribution < -0.4 is 14.8 Å². The summed E-state index contributed by atoms with van der Waals surface area (Å²) in [4.78, 5) is 12.4. The van der Waals surface area contributed by atoms with Crippen LogP contribution >= 0.6 is 11.6 Å². The van der Waals surface area contributed by atoms with Gasteiger partial charge in [0.1, 0.15) is 5.75 Å². The van der Waals surface area contributed by atoms with Crippen LogP contribution in [0.4, 0.5) is 24.5 Å². The van der Waals surface area contributed by atoms with Crippen LogP contribution in [0.15, 0.2) is 59.5 Å². The maximum Gasteiger partial charge on any atom is 0.417 e. The Morgan fingerprint density at radius 1 is 0.972 bits per heavy atom. The van der Waals surface area contributed by atoms with Gasteiger partial charge in [-0.3, -0.25) is 9.52 Å². The first-order chi connectivity index (χ1) is 16.7. The van der Waals surface area contributed by atoms with Crippen molar-refractivity contribution in [3.05, 3.63) is 81.9 Å². The van der Waals surface area contributed by atoms with E-state index < -0.39 is 38.8 Å². The molecule has 6 nitrogen and oxygen atoms in total. The Balaban J connectivity index is 1.69. The lowest BCUT2D eigenvalue weighted by Gasteiger charge is -2.18. The molecule has 0 aliphatic heterocycles. The second kappa shape index (κ2) is 10.4. The average molecular weight is 541 g/mol. The smallest absolute Gasteiger partial charge is 0.417 e. The fraction of sp³-hybridized carbons (Fsp3) is 0.240. The normalized spacial score (nSPS) is 12.7. The maximum atomic E-state index is 13.1. The van der Waals surface area contributed by atoms with Gasteiger partial charge in [0.25, 0.3) is 15.9 Å². The lowest BCUT2D eigenvalue weighted by atomic mass is 10.1. The molecule has 2 N–H and O–H groups in total. The molecule has 3 aromatic carbocycles. The highest BCUT2D eigenvalue weighted by Gasteiger charge is 2.33. The number of carbonyl (C=O) groups excluding carboxylic acids is 1. The molecular formula is C25H24ClF3N2O4S. The number of amides is 1. The maximum absolute atomic E-state index is 13.1. The number of benzene rings is 3. The third kappa shape index (κ3) is 6.50. The molecule has 0 radical (unpaired) electrons. The predicted molar refractivity (Wildman–Crippen MR) is 133 cm³/mol. The van der Waals surface area contributed by atoms with Crippen LogP contribution in [0.1, 0.15) is 29.2 Å². The van der Waals surface area contributed by atoms with Gasteiger partial charge in [-0.2, -0.15) is 13.2 Å². The van der Waals surface area contributed by atoms with Gasteiger partial charge in [0.05, 0.1) is 15.5 Å². The Morgan fingerprint density at radius 2 is 1.58 bits per heavy atom. The molecule has 0 aliphatic carbocycles. The minimum absolute atomic E-state index is 0.209. The van der Waals surface area contributed by atoms with Crippen molar-refractivity contribution >= 4 is 38.9 Å². The van der Waals surface area contributed by atoms with Gasteiger partial charge >= 0.3 is 6.18 Å². The third-order valence-electron chi connectivity index (χ3n) is 5.39. The second-order valence-corrected chi connectivity index (χ2v) is 10.4. The van der Waals surface area contributed by atoms with E-state index in [1.807, 2.05) is 32.9 Å². The van der Waals surface area contributed by atoms with E-state index in [0.717, 1.165) is 28.8 Å². The highest BCUT2D eigenvalue weighted by molar-refractivity contribution is 7.92. The lowest BCUT2D eigenvalue weighted by Crippen LogP contribution is -2.30. The van der Waals surface area contributed by atoms with Crippen molar-refractivity contribution in [3.8, 4) is 5.75 Å². The molecule has 11 heteroatoms. The second-order valence-electron chi connectivity index (χ2n) is 8.28. The fourth-order valence-electron chi connectivity index (χ4n) is 3.35. The van der Waals surface area contributed by atoms with Crippen LogP contribution in [0.25, 0.3) is 0 Å². The summed E-state index contributed by atoms with van der Waals surface area (Å²) in [6, 6.07) is 11.7. The van der Waals surface area contributed by atoms with Gasteiger partial charge in [-0.15, -0.1) is 0 Å². The van der Waals surface area contributed by atoms with Crippen molar-refractivity contribution in [2.24, 2.45) is 0 Å². The van der Waals surface area contributed by atoms with Crippen LogP contribution in [0.5, 0.6) is 5.75 Å². The highest BCUT2D eigenvalue weighted by atomic mass is 35.5. The summed E-state index contributed by atoms with van der Waals surface area (Å²) in [5, 5.41) is 2.11. The number of hydrogen-bond donors (Lipinski definition) is 2. The summed E-state index contributed by atoms with van der Waals surface area (Å²) < 4.78 is 72.4. The number of carbonyl (C=O) groups is 1. The first-order valence-electron chi connectivity index (χ1n) is 10.7. The van der Waals surface area contributed by atoms with Crippen molar-refractivity contribution < 1.29 is 31.1 Å². The van der Waals surface area contributed by atoms with E-state index in [1.54, 1.807) is 6.92 Å². The van der Waals surface area contributed by atoms with Crippen molar-refractivity contribution in [1.29, 1.82) is 0 Å². The molecule has 0 bridgehead atoms. The average Bonchev–Trinajstić information content (AvgIpc) is 2.77. The van der Waals surface area contributed by atoms with Gasteiger partial charge in [0, 0.05) is 11.4 Å². The van der Waals surface area contributed by atoms with Crippen LogP contribution in [0.3, 0.4) is 0 Å². The fourth-order valence-corrected chi connectivity index (χ4v) is 4.62. The zero-order valence-corrected chi connectivity index (χ0v) is 21.4. The molecule has 0 saturated carbocycles. The molecule has 36 heavy (non-hydrogen) atoms. The zero-order valence-electron chi connectivity index (χ0n) is 19.8. The number of rotatable bonds is 7. The molecule has 0 heterocycles. The Bertz CT molecular complexity index is 1390. The summed E-state index contributed by atoms with van der Waals surface area (Å²) >= 11 is 5.58. The van der Waals surface area contributed by atoms with Crippen LogP contribution in [-0.4, -0.2) is 20.4 Å². The van der Waals surface area contributed by atoms with Gasteiger partial charge in [-0.1, -0.05) is 17.7 Å². The van der Waals surface area contributed by atoms with Crippen LogP contribution in [0, 0.1) is 20.8 Å². The summed E-state index contributed by atoms with van der Waals surface area (Å²) in [5.74, 6) is 0.154. The Hall–Kier alpha value is -3.24. The Morgan fingerprint density at radius 3 is 2.19 bits per heavy atom. The molecule has 1 amide bonds. The topological polar surface area (TPSA) is 84.5 Å². The number of ether oxygens (including phenoxy) is 1. The number of anilines is 2. The first-order valence-corrected chi connectivity index (χ1v) is 12.6. The van der Waals surface area contributed by atoms with Crippen molar-refractivity contribution in [1.82, 2.24) is 0 Å². The van der Waals surface area contributed by atoms with Gasteiger partial charge in [-0.25, -0.2) is 8.42 Å². The molecular weight excluding hydrogens is 517 g/mol. The summed E-state index contributed by atoms with van der Waals surface area (Å²) in [6.45, 7) is 7.37. The number of nitrogens with one attached hydrogen (secondary N) is 2. The summed E-state index contributed by atoms with van der Waals surface area (Å²) in [5.41, 5.74) is 1.82. The monoisotopic (exact) mass is 540 g/mol. The van der Waals surface area contributed by atoms with Crippen molar-refractivity contribution in [2.45, 2.75) is 44.9 Å². The predicted octanol–water partition coefficient (Wildman–Crippen LogP) is 6.49. The van der Waals surface area contributed by atoms with Crippen molar-refractivity contribution in [3.63, 3.8) is 0 Å². The quantitative estimate of drug-likeness (QED) is 0.359. The van der Waals surface area contributed by atoms with E-state index in [1.165, 1.54) is 24.3 Å². The van der Waals surface area contributed by atoms with E-state index in [2.05, 4.69) is 10.0 Å². The molecule has 0 aromatic heterocycles. The van der Waals surface area contributed by atoms with Gasteiger partial charge < -0.3 is 10.1 Å². The molecule has 0 aliphatic rings.